The molecule has 354 valence electrons. The van der Waals surface area contributed by atoms with Crippen LogP contribution >= 0.6 is 0 Å². The molecule has 0 saturated carbocycles. The van der Waals surface area contributed by atoms with Crippen molar-refractivity contribution >= 4 is 86.7 Å². The topological polar surface area (TPSA) is 131 Å². The lowest BCUT2D eigenvalue weighted by Crippen LogP contribution is -1.90. The van der Waals surface area contributed by atoms with Crippen LogP contribution in [0.25, 0.3) is 132 Å². The predicted molar refractivity (Wildman–Crippen MR) is 287 cm³/mol. The van der Waals surface area contributed by atoms with Crippen molar-refractivity contribution in [3.05, 3.63) is 121 Å². The molecule has 0 fully saturated rings. The highest BCUT2D eigenvalue weighted by atomic mass is 16.5. The zero-order valence-corrected chi connectivity index (χ0v) is 40.7. The quantitative estimate of drug-likeness (QED) is 0.152. The zero-order chi connectivity index (χ0) is 49.1. The summed E-state index contributed by atoms with van der Waals surface area (Å²) in [5.41, 5.74) is 10.1. The van der Waals surface area contributed by atoms with E-state index in [-0.39, 0.29) is 0 Å². The number of nitrogens with one attached hydrogen (secondary N) is 2. The molecule has 8 bridgehead atoms. The molecule has 2 aliphatic heterocycles. The largest absolute Gasteiger partial charge is 0.496 e. The summed E-state index contributed by atoms with van der Waals surface area (Å²) in [4.78, 5) is 18.8. The lowest BCUT2D eigenvalue weighted by atomic mass is 9.97. The molecule has 2 aliphatic rings. The average molecular weight is 951 g/mol. The van der Waals surface area contributed by atoms with E-state index in [4.69, 9.17) is 47.9 Å². The number of hydrogen-bond acceptors (Lipinski definition) is 10. The second-order valence-electron chi connectivity index (χ2n) is 17.9. The van der Waals surface area contributed by atoms with Gasteiger partial charge < -0.3 is 47.9 Å². The van der Waals surface area contributed by atoms with Gasteiger partial charge >= 0.3 is 0 Å². The van der Waals surface area contributed by atoms with Crippen molar-refractivity contribution < 1.29 is 37.9 Å². The third kappa shape index (κ3) is 6.24. The molecule has 11 aromatic rings. The molecule has 13 rings (SSSR count). The van der Waals surface area contributed by atoms with Crippen LogP contribution in [0.2, 0.25) is 0 Å². The van der Waals surface area contributed by atoms with Gasteiger partial charge in [0, 0.05) is 109 Å². The molecule has 8 aromatic carbocycles. The summed E-state index contributed by atoms with van der Waals surface area (Å²) in [6, 6.07) is 41.3. The number of aromatic nitrogens is 4. The minimum Gasteiger partial charge on any atom is -0.496 e. The molecule has 3 aromatic heterocycles. The van der Waals surface area contributed by atoms with Crippen LogP contribution in [0.5, 0.6) is 46.0 Å². The molecule has 0 aliphatic carbocycles. The second-order valence-corrected chi connectivity index (χ2v) is 17.9. The van der Waals surface area contributed by atoms with E-state index in [1.54, 1.807) is 56.9 Å². The SMILES string of the molecule is COc1ccc(OC)c2cc3c(cc12)-c1cc2[nH]c(cc4nc(cc5[nH]c(cc-3n1)c1cc3c(OC)ccc(OC)c3cc51)-c1cc3c(OC)ccc(OC)c3cc1-4)c1cc3c(OC)ccc(OC)c3cc21. The summed E-state index contributed by atoms with van der Waals surface area (Å²) in [7, 11) is 13.5. The first-order valence-corrected chi connectivity index (χ1v) is 23.4. The molecular weight excluding hydrogens is 905 g/mol. The molecule has 0 amide bonds. The van der Waals surface area contributed by atoms with Gasteiger partial charge in [-0.15, -0.1) is 0 Å². The molecule has 12 nitrogen and oxygen atoms in total. The summed E-state index contributed by atoms with van der Waals surface area (Å²) in [6.07, 6.45) is 0. The molecular formula is C60H46N4O8. The van der Waals surface area contributed by atoms with Crippen molar-refractivity contribution in [3.63, 3.8) is 0 Å². The van der Waals surface area contributed by atoms with Gasteiger partial charge in [-0.25, -0.2) is 9.97 Å². The lowest BCUT2D eigenvalue weighted by molar-refractivity contribution is 0.410. The summed E-state index contributed by atoms with van der Waals surface area (Å²) in [5, 5.41) is 11.1. The van der Waals surface area contributed by atoms with Crippen LogP contribution in [0.15, 0.2) is 121 Å². The van der Waals surface area contributed by atoms with E-state index in [9.17, 15) is 0 Å². The first-order chi connectivity index (χ1) is 35.3. The third-order valence-electron chi connectivity index (χ3n) is 14.5. The monoisotopic (exact) mass is 950 g/mol. The minimum absolute atomic E-state index is 0.725. The summed E-state index contributed by atoms with van der Waals surface area (Å²) < 4.78 is 47.7. The van der Waals surface area contributed by atoms with E-state index in [2.05, 4.69) is 82.8 Å². The number of rotatable bonds is 8. The fraction of sp³-hybridized carbons (Fsp3) is 0.133. The molecule has 0 radical (unpaired) electrons. The van der Waals surface area contributed by atoms with E-state index in [1.807, 2.05) is 48.5 Å². The van der Waals surface area contributed by atoms with Crippen LogP contribution in [-0.4, -0.2) is 76.8 Å². The molecule has 2 N–H and O–H groups in total. The Kier molecular flexibility index (Phi) is 9.66. The predicted octanol–water partition coefficient (Wildman–Crippen LogP) is 14.0. The molecule has 0 saturated heterocycles. The highest BCUT2D eigenvalue weighted by Crippen LogP contribution is 2.48. The van der Waals surface area contributed by atoms with Gasteiger partial charge in [0.1, 0.15) is 46.0 Å². The molecule has 0 atom stereocenters. The van der Waals surface area contributed by atoms with Gasteiger partial charge in [0.25, 0.3) is 0 Å². The average Bonchev–Trinajstić information content (AvgIpc) is 4.14. The lowest BCUT2D eigenvalue weighted by Gasteiger charge is -2.12. The van der Waals surface area contributed by atoms with Crippen LogP contribution in [0.1, 0.15) is 0 Å². The van der Waals surface area contributed by atoms with E-state index in [1.165, 1.54) is 0 Å². The zero-order valence-electron chi connectivity index (χ0n) is 40.7. The Bertz CT molecular complexity index is 3800. The fourth-order valence-electron chi connectivity index (χ4n) is 11.0. The van der Waals surface area contributed by atoms with Crippen LogP contribution < -0.4 is 37.9 Å². The smallest absolute Gasteiger partial charge is 0.126 e. The van der Waals surface area contributed by atoms with Gasteiger partial charge in [-0.1, -0.05) is 0 Å². The highest BCUT2D eigenvalue weighted by Gasteiger charge is 2.25. The van der Waals surface area contributed by atoms with Crippen molar-refractivity contribution in [3.8, 4) is 91.0 Å². The first-order valence-electron chi connectivity index (χ1n) is 23.4. The van der Waals surface area contributed by atoms with E-state index in [0.717, 1.165) is 178 Å². The Morgan fingerprint density at radius 2 is 0.417 bits per heavy atom. The Hall–Kier alpha value is -9.16. The number of benzene rings is 8. The van der Waals surface area contributed by atoms with Crippen LogP contribution in [0, 0.1) is 0 Å². The first kappa shape index (κ1) is 42.9. The van der Waals surface area contributed by atoms with Crippen molar-refractivity contribution in [1.29, 1.82) is 0 Å². The number of aromatic amines is 2. The van der Waals surface area contributed by atoms with E-state index < -0.39 is 0 Å². The van der Waals surface area contributed by atoms with Crippen molar-refractivity contribution in [2.24, 2.45) is 0 Å². The van der Waals surface area contributed by atoms with Gasteiger partial charge in [0.15, 0.2) is 0 Å². The summed E-state index contributed by atoms with van der Waals surface area (Å²) in [6.45, 7) is 0. The summed E-state index contributed by atoms with van der Waals surface area (Å²) in [5.74, 6) is 5.81. The van der Waals surface area contributed by atoms with Gasteiger partial charge in [-0.2, -0.15) is 0 Å². The minimum atomic E-state index is 0.725. The maximum absolute atomic E-state index is 5.96. The van der Waals surface area contributed by atoms with Gasteiger partial charge in [-0.3, -0.25) is 0 Å². The molecule has 0 unspecified atom stereocenters. The van der Waals surface area contributed by atoms with Gasteiger partial charge in [0.05, 0.1) is 79.7 Å². The molecule has 12 heteroatoms. The Morgan fingerprint density at radius 1 is 0.236 bits per heavy atom. The number of fused-ring (bicyclic) bond motifs is 24. The van der Waals surface area contributed by atoms with E-state index in [0.29, 0.717) is 0 Å². The normalized spacial score (nSPS) is 11.9. The number of methoxy groups -OCH3 is 8. The number of ether oxygens (including phenoxy) is 8. The van der Waals surface area contributed by atoms with Gasteiger partial charge in [-0.05, 0) is 121 Å². The number of nitrogens with zero attached hydrogens (tertiary/aromatic N) is 2. The third-order valence-corrected chi connectivity index (χ3v) is 14.5. The maximum Gasteiger partial charge on any atom is 0.126 e. The fourth-order valence-corrected chi connectivity index (χ4v) is 11.0. The van der Waals surface area contributed by atoms with Crippen molar-refractivity contribution in [2.75, 3.05) is 56.9 Å². The Morgan fingerprint density at radius 3 is 0.597 bits per heavy atom. The maximum atomic E-state index is 5.96. The Labute approximate surface area is 412 Å². The van der Waals surface area contributed by atoms with Crippen molar-refractivity contribution in [2.45, 2.75) is 0 Å². The molecule has 72 heavy (non-hydrogen) atoms. The van der Waals surface area contributed by atoms with Crippen LogP contribution in [0.4, 0.5) is 0 Å². The van der Waals surface area contributed by atoms with E-state index >= 15 is 0 Å². The molecule has 5 heterocycles. The number of hydrogen-bond donors (Lipinski definition) is 2. The Balaban J connectivity index is 1.25. The van der Waals surface area contributed by atoms with Crippen LogP contribution in [-0.2, 0) is 0 Å². The highest BCUT2D eigenvalue weighted by molar-refractivity contribution is 6.18. The van der Waals surface area contributed by atoms with Crippen molar-refractivity contribution in [1.82, 2.24) is 19.9 Å². The van der Waals surface area contributed by atoms with Crippen LogP contribution in [0.3, 0.4) is 0 Å². The molecule has 0 spiro atoms. The standard InChI is InChI=1S/C60H46N4O8/c1-65-53-9-10-54(66-2)38-18-30-29(17-37(38)53)45-25-47-31-19-39-40(56(68-4)12-11-55(39)67-3)20-32(31)49(62-47)27-51-35-23-43-44(60(72-8)16-15-59(43)71-7)24-36(35)52(64-51)28-50-34-22-42-41(57(69-5)13-14-58(42)70-6)21-33(34)48(63-50)26-46(30)61-45/h9-28,61,64H,1-8H3. The number of H-pyrrole nitrogens is 2. The second kappa shape index (κ2) is 16.2. The summed E-state index contributed by atoms with van der Waals surface area (Å²) >= 11 is 0. The van der Waals surface area contributed by atoms with Gasteiger partial charge in [0.2, 0.25) is 0 Å².